The summed E-state index contributed by atoms with van der Waals surface area (Å²) in [6.07, 6.45) is 2.62. The van der Waals surface area contributed by atoms with E-state index in [-0.39, 0.29) is 24.6 Å². The number of hydrogen-bond acceptors (Lipinski definition) is 5. The molecule has 0 saturated carbocycles. The van der Waals surface area contributed by atoms with Crippen molar-refractivity contribution in [1.29, 1.82) is 0 Å². The Morgan fingerprint density at radius 1 is 1.56 bits per heavy atom. The average Bonchev–Trinajstić information content (AvgIpc) is 2.77. The fourth-order valence-electron chi connectivity index (χ4n) is 1.13. The SMILES string of the molecule is COC(C)(C)CNS(=O)(=O)c1cnn(CCO)c1. The normalized spacial score (nSPS) is 12.9. The molecule has 18 heavy (non-hydrogen) atoms. The lowest BCUT2D eigenvalue weighted by Crippen LogP contribution is -2.39. The first-order valence-electron chi connectivity index (χ1n) is 5.49. The summed E-state index contributed by atoms with van der Waals surface area (Å²) in [6.45, 7) is 3.90. The van der Waals surface area contributed by atoms with Crippen molar-refractivity contribution in [3.63, 3.8) is 0 Å². The number of nitrogens with zero attached hydrogens (tertiary/aromatic N) is 2. The highest BCUT2D eigenvalue weighted by molar-refractivity contribution is 7.89. The van der Waals surface area contributed by atoms with E-state index in [4.69, 9.17) is 9.84 Å². The van der Waals surface area contributed by atoms with E-state index in [1.165, 1.54) is 24.2 Å². The molecular weight excluding hydrogens is 258 g/mol. The molecule has 0 radical (unpaired) electrons. The van der Waals surface area contributed by atoms with Crippen molar-refractivity contribution in [2.75, 3.05) is 20.3 Å². The molecule has 1 heterocycles. The number of ether oxygens (including phenoxy) is 1. The fourth-order valence-corrected chi connectivity index (χ4v) is 2.28. The number of sulfonamides is 1. The van der Waals surface area contributed by atoms with Gasteiger partial charge in [0.05, 0.1) is 24.9 Å². The van der Waals surface area contributed by atoms with Crippen LogP contribution in [0.2, 0.25) is 0 Å². The molecule has 7 nitrogen and oxygen atoms in total. The van der Waals surface area contributed by atoms with Crippen LogP contribution in [0.3, 0.4) is 0 Å². The van der Waals surface area contributed by atoms with Gasteiger partial charge in [-0.05, 0) is 13.8 Å². The number of aliphatic hydroxyl groups is 1. The molecule has 0 aliphatic carbocycles. The van der Waals surface area contributed by atoms with E-state index in [9.17, 15) is 8.42 Å². The highest BCUT2D eigenvalue weighted by Gasteiger charge is 2.22. The number of hydrogen-bond donors (Lipinski definition) is 2. The molecular formula is C10H19N3O4S. The summed E-state index contributed by atoms with van der Waals surface area (Å²) in [5.74, 6) is 0. The van der Waals surface area contributed by atoms with Crippen molar-refractivity contribution in [3.05, 3.63) is 12.4 Å². The first-order chi connectivity index (χ1) is 8.30. The molecule has 0 amide bonds. The van der Waals surface area contributed by atoms with Crippen molar-refractivity contribution in [2.24, 2.45) is 0 Å². The van der Waals surface area contributed by atoms with Gasteiger partial charge in [0.25, 0.3) is 0 Å². The Hall–Kier alpha value is -0.960. The van der Waals surface area contributed by atoms with Gasteiger partial charge >= 0.3 is 0 Å². The summed E-state index contributed by atoms with van der Waals surface area (Å²) in [5.41, 5.74) is -0.575. The number of methoxy groups -OCH3 is 1. The Bertz CT molecular complexity index is 481. The predicted octanol–water partition coefficient (Wildman–Crippen LogP) is -0.421. The predicted molar refractivity (Wildman–Crippen MR) is 65.6 cm³/mol. The minimum Gasteiger partial charge on any atom is -0.394 e. The summed E-state index contributed by atoms with van der Waals surface area (Å²) in [6, 6.07) is 0. The van der Waals surface area contributed by atoms with E-state index in [1.807, 2.05) is 0 Å². The lowest BCUT2D eigenvalue weighted by molar-refractivity contribution is 0.0276. The maximum atomic E-state index is 11.9. The maximum absolute atomic E-state index is 11.9. The van der Waals surface area contributed by atoms with Crippen LogP contribution in [-0.2, 0) is 21.3 Å². The van der Waals surface area contributed by atoms with Gasteiger partial charge in [-0.3, -0.25) is 4.68 Å². The monoisotopic (exact) mass is 277 g/mol. The van der Waals surface area contributed by atoms with E-state index >= 15 is 0 Å². The fraction of sp³-hybridized carbons (Fsp3) is 0.700. The Morgan fingerprint density at radius 2 is 2.22 bits per heavy atom. The van der Waals surface area contributed by atoms with Crippen LogP contribution >= 0.6 is 0 Å². The van der Waals surface area contributed by atoms with E-state index < -0.39 is 15.6 Å². The topological polar surface area (TPSA) is 93.5 Å². The van der Waals surface area contributed by atoms with Gasteiger partial charge in [0.2, 0.25) is 10.0 Å². The molecule has 1 aromatic rings. The van der Waals surface area contributed by atoms with Crippen molar-refractivity contribution < 1.29 is 18.3 Å². The molecule has 2 N–H and O–H groups in total. The second-order valence-corrected chi connectivity index (χ2v) is 6.22. The molecule has 0 spiro atoms. The largest absolute Gasteiger partial charge is 0.394 e. The van der Waals surface area contributed by atoms with Gasteiger partial charge < -0.3 is 9.84 Å². The number of aromatic nitrogens is 2. The Balaban J connectivity index is 2.74. The molecule has 8 heteroatoms. The quantitative estimate of drug-likeness (QED) is 0.706. The van der Waals surface area contributed by atoms with Gasteiger partial charge in [-0.2, -0.15) is 5.10 Å². The van der Waals surface area contributed by atoms with E-state index in [2.05, 4.69) is 9.82 Å². The average molecular weight is 277 g/mol. The zero-order valence-corrected chi connectivity index (χ0v) is 11.6. The highest BCUT2D eigenvalue weighted by atomic mass is 32.2. The number of aliphatic hydroxyl groups excluding tert-OH is 1. The molecule has 0 aliphatic heterocycles. The standard InChI is InChI=1S/C10H19N3O4S/c1-10(2,17-3)8-12-18(15,16)9-6-11-13(7-9)4-5-14/h6-7,12,14H,4-5,8H2,1-3H3. The molecule has 0 bridgehead atoms. The summed E-state index contributed by atoms with van der Waals surface area (Å²) >= 11 is 0. The minimum absolute atomic E-state index is 0.0721. The van der Waals surface area contributed by atoms with Crippen molar-refractivity contribution in [1.82, 2.24) is 14.5 Å². The van der Waals surface area contributed by atoms with Crippen LogP contribution in [0.5, 0.6) is 0 Å². The van der Waals surface area contributed by atoms with Crippen molar-refractivity contribution in [2.45, 2.75) is 30.9 Å². The maximum Gasteiger partial charge on any atom is 0.243 e. The zero-order valence-electron chi connectivity index (χ0n) is 10.8. The molecule has 0 aromatic carbocycles. The van der Waals surface area contributed by atoms with E-state index in [0.717, 1.165) is 0 Å². The summed E-state index contributed by atoms with van der Waals surface area (Å²) < 4.78 is 32.8. The smallest absolute Gasteiger partial charge is 0.243 e. The first kappa shape index (κ1) is 15.1. The van der Waals surface area contributed by atoms with Gasteiger partial charge in [-0.25, -0.2) is 13.1 Å². The highest BCUT2D eigenvalue weighted by Crippen LogP contribution is 2.10. The van der Waals surface area contributed by atoms with Crippen molar-refractivity contribution >= 4 is 10.0 Å². The van der Waals surface area contributed by atoms with Gasteiger partial charge in [0.15, 0.2) is 0 Å². The van der Waals surface area contributed by atoms with Crippen LogP contribution in [0.15, 0.2) is 17.3 Å². The van der Waals surface area contributed by atoms with Crippen LogP contribution in [0.1, 0.15) is 13.8 Å². The lowest BCUT2D eigenvalue weighted by Gasteiger charge is -2.22. The van der Waals surface area contributed by atoms with Crippen LogP contribution in [0, 0.1) is 0 Å². The third-order valence-electron chi connectivity index (χ3n) is 2.49. The second kappa shape index (κ2) is 5.79. The second-order valence-electron chi connectivity index (χ2n) is 4.45. The molecule has 1 rings (SSSR count). The lowest BCUT2D eigenvalue weighted by atomic mass is 10.1. The molecule has 0 saturated heterocycles. The minimum atomic E-state index is -3.60. The van der Waals surface area contributed by atoms with Crippen LogP contribution in [-0.4, -0.2) is 49.2 Å². The summed E-state index contributed by atoms with van der Waals surface area (Å²) in [5, 5.41) is 12.6. The van der Waals surface area contributed by atoms with Crippen LogP contribution in [0.4, 0.5) is 0 Å². The van der Waals surface area contributed by atoms with Gasteiger partial charge in [0, 0.05) is 19.9 Å². The Kier molecular flexibility index (Phi) is 4.85. The van der Waals surface area contributed by atoms with Gasteiger partial charge in [-0.15, -0.1) is 0 Å². The number of rotatable bonds is 7. The number of nitrogens with one attached hydrogen (secondary N) is 1. The molecule has 1 aromatic heterocycles. The third-order valence-corrected chi connectivity index (χ3v) is 3.85. The van der Waals surface area contributed by atoms with E-state index in [1.54, 1.807) is 13.8 Å². The molecule has 0 aliphatic rings. The van der Waals surface area contributed by atoms with E-state index in [0.29, 0.717) is 0 Å². The summed E-state index contributed by atoms with van der Waals surface area (Å²) in [4.78, 5) is 0.0721. The first-order valence-corrected chi connectivity index (χ1v) is 6.97. The third kappa shape index (κ3) is 4.05. The molecule has 0 atom stereocenters. The van der Waals surface area contributed by atoms with Gasteiger partial charge in [0.1, 0.15) is 4.90 Å². The van der Waals surface area contributed by atoms with Crippen LogP contribution < -0.4 is 4.72 Å². The molecule has 104 valence electrons. The summed E-state index contributed by atoms with van der Waals surface area (Å²) in [7, 11) is -2.07. The molecule has 0 fully saturated rings. The molecule has 0 unspecified atom stereocenters. The Labute approximate surface area is 107 Å². The van der Waals surface area contributed by atoms with Gasteiger partial charge in [-0.1, -0.05) is 0 Å². The Morgan fingerprint density at radius 3 is 2.78 bits per heavy atom. The van der Waals surface area contributed by atoms with Crippen molar-refractivity contribution in [3.8, 4) is 0 Å². The van der Waals surface area contributed by atoms with Crippen LogP contribution in [0.25, 0.3) is 0 Å². The zero-order chi connectivity index (χ0) is 13.8.